The molecule has 2 aromatic rings. The molecule has 4 heteroatoms. The number of nitro groups is 1. The van der Waals surface area contributed by atoms with Gasteiger partial charge in [0.05, 0.1) is 4.92 Å². The molecular formula is C15H18N2O2. The van der Waals surface area contributed by atoms with Crippen molar-refractivity contribution in [2.45, 2.75) is 20.8 Å². The lowest BCUT2D eigenvalue weighted by Gasteiger charge is -1.96. The highest BCUT2D eigenvalue weighted by Gasteiger charge is 2.08. The first-order chi connectivity index (χ1) is 8.91. The predicted molar refractivity (Wildman–Crippen MR) is 78.2 cm³/mol. The molecule has 0 amide bonds. The number of aryl methyl sites for hydroxylation is 3. The van der Waals surface area contributed by atoms with Gasteiger partial charge >= 0.3 is 0 Å². The van der Waals surface area contributed by atoms with Gasteiger partial charge in [-0.15, -0.1) is 0 Å². The first-order valence-corrected chi connectivity index (χ1v) is 5.94. The van der Waals surface area contributed by atoms with E-state index < -0.39 is 0 Å². The fourth-order valence-corrected chi connectivity index (χ4v) is 1.50. The fourth-order valence-electron chi connectivity index (χ4n) is 1.50. The van der Waals surface area contributed by atoms with E-state index in [9.17, 15) is 10.1 Å². The Hall–Kier alpha value is -2.36. The maximum absolute atomic E-state index is 10.4. The van der Waals surface area contributed by atoms with Gasteiger partial charge in [-0.2, -0.15) is 0 Å². The molecule has 2 aromatic carbocycles. The number of anilines is 1. The third-order valence-electron chi connectivity index (χ3n) is 2.75. The van der Waals surface area contributed by atoms with Gasteiger partial charge in [0.25, 0.3) is 5.69 Å². The van der Waals surface area contributed by atoms with Crippen molar-refractivity contribution in [1.29, 1.82) is 0 Å². The zero-order valence-corrected chi connectivity index (χ0v) is 11.4. The van der Waals surface area contributed by atoms with Crippen LogP contribution < -0.4 is 5.73 Å². The Balaban J connectivity index is 0.000000200. The number of para-hydroxylation sites is 1. The molecule has 0 aliphatic heterocycles. The Labute approximate surface area is 113 Å². The first-order valence-electron chi connectivity index (χ1n) is 5.94. The minimum atomic E-state index is -0.359. The van der Waals surface area contributed by atoms with Crippen molar-refractivity contribution in [3.05, 3.63) is 69.3 Å². The molecule has 0 saturated carbocycles. The number of nitro benzene ring substituents is 1. The Morgan fingerprint density at radius 3 is 2.05 bits per heavy atom. The molecule has 2 rings (SSSR count). The maximum Gasteiger partial charge on any atom is 0.272 e. The molecule has 0 aliphatic carbocycles. The van der Waals surface area contributed by atoms with E-state index in [1.54, 1.807) is 19.1 Å². The van der Waals surface area contributed by atoms with Crippen molar-refractivity contribution in [3.8, 4) is 0 Å². The van der Waals surface area contributed by atoms with E-state index in [1.807, 2.05) is 44.2 Å². The van der Waals surface area contributed by atoms with Crippen LogP contribution in [-0.4, -0.2) is 4.92 Å². The van der Waals surface area contributed by atoms with Crippen LogP contribution in [0.4, 0.5) is 11.4 Å². The van der Waals surface area contributed by atoms with Crippen LogP contribution in [0, 0.1) is 30.9 Å². The average molecular weight is 258 g/mol. The second kappa shape index (κ2) is 6.54. The van der Waals surface area contributed by atoms with Crippen molar-refractivity contribution in [2.24, 2.45) is 0 Å². The summed E-state index contributed by atoms with van der Waals surface area (Å²) in [7, 11) is 0. The number of rotatable bonds is 1. The molecule has 19 heavy (non-hydrogen) atoms. The van der Waals surface area contributed by atoms with Crippen LogP contribution in [0.3, 0.4) is 0 Å². The van der Waals surface area contributed by atoms with E-state index in [2.05, 4.69) is 0 Å². The monoisotopic (exact) mass is 258 g/mol. The molecule has 2 N–H and O–H groups in total. The van der Waals surface area contributed by atoms with Gasteiger partial charge in [-0.3, -0.25) is 10.1 Å². The summed E-state index contributed by atoms with van der Waals surface area (Å²) in [6.45, 7) is 5.57. The van der Waals surface area contributed by atoms with Crippen molar-refractivity contribution >= 4 is 11.4 Å². The third-order valence-corrected chi connectivity index (χ3v) is 2.75. The van der Waals surface area contributed by atoms with E-state index in [0.29, 0.717) is 5.56 Å². The van der Waals surface area contributed by atoms with Crippen molar-refractivity contribution in [2.75, 3.05) is 5.73 Å². The first kappa shape index (κ1) is 14.7. The summed E-state index contributed by atoms with van der Waals surface area (Å²) in [4.78, 5) is 10.0. The van der Waals surface area contributed by atoms with Crippen LogP contribution in [0.15, 0.2) is 42.5 Å². The number of nitrogens with zero attached hydrogens (tertiary/aromatic N) is 1. The fraction of sp³-hybridized carbons (Fsp3) is 0.200. The third kappa shape index (κ3) is 4.43. The molecule has 0 saturated heterocycles. The summed E-state index contributed by atoms with van der Waals surface area (Å²) in [5, 5.41) is 10.4. The highest BCUT2D eigenvalue weighted by Crippen LogP contribution is 2.18. The lowest BCUT2D eigenvalue weighted by Crippen LogP contribution is -1.91. The van der Waals surface area contributed by atoms with Crippen LogP contribution in [0.5, 0.6) is 0 Å². The summed E-state index contributed by atoms with van der Waals surface area (Å²) in [5.41, 5.74) is 9.36. The summed E-state index contributed by atoms with van der Waals surface area (Å²) < 4.78 is 0. The van der Waals surface area contributed by atoms with E-state index in [-0.39, 0.29) is 10.6 Å². The van der Waals surface area contributed by atoms with Crippen molar-refractivity contribution in [1.82, 2.24) is 0 Å². The number of hydrogen-bond donors (Lipinski definition) is 1. The van der Waals surface area contributed by atoms with Crippen LogP contribution in [0.2, 0.25) is 0 Å². The Bertz CT molecular complexity index is 559. The van der Waals surface area contributed by atoms with Crippen LogP contribution in [0.1, 0.15) is 16.7 Å². The van der Waals surface area contributed by atoms with E-state index >= 15 is 0 Å². The van der Waals surface area contributed by atoms with Gasteiger partial charge in [0.2, 0.25) is 0 Å². The highest BCUT2D eigenvalue weighted by molar-refractivity contribution is 5.45. The summed E-state index contributed by atoms with van der Waals surface area (Å²) in [6, 6.07) is 13.0. The van der Waals surface area contributed by atoms with Crippen LogP contribution in [0.25, 0.3) is 0 Å². The van der Waals surface area contributed by atoms with Crippen LogP contribution >= 0.6 is 0 Å². The largest absolute Gasteiger partial charge is 0.399 e. The second-order valence-electron chi connectivity index (χ2n) is 4.40. The van der Waals surface area contributed by atoms with Gasteiger partial charge in [-0.05, 0) is 38.0 Å². The van der Waals surface area contributed by atoms with Crippen molar-refractivity contribution < 1.29 is 4.92 Å². The summed E-state index contributed by atoms with van der Waals surface area (Å²) >= 11 is 0. The quantitative estimate of drug-likeness (QED) is 0.480. The zero-order valence-electron chi connectivity index (χ0n) is 11.4. The van der Waals surface area contributed by atoms with E-state index in [1.165, 1.54) is 0 Å². The molecule has 0 fully saturated rings. The molecule has 0 spiro atoms. The molecule has 0 atom stereocenters. The van der Waals surface area contributed by atoms with Crippen LogP contribution in [-0.2, 0) is 0 Å². The molecule has 4 nitrogen and oxygen atoms in total. The van der Waals surface area contributed by atoms with Gasteiger partial charge in [0.15, 0.2) is 0 Å². The minimum absolute atomic E-state index is 0.199. The number of hydrogen-bond acceptors (Lipinski definition) is 3. The van der Waals surface area contributed by atoms with Gasteiger partial charge in [0, 0.05) is 17.3 Å². The van der Waals surface area contributed by atoms with Gasteiger partial charge < -0.3 is 5.73 Å². The summed E-state index contributed by atoms with van der Waals surface area (Å²) in [6.07, 6.45) is 0. The van der Waals surface area contributed by atoms with E-state index in [4.69, 9.17) is 5.73 Å². The number of benzene rings is 2. The minimum Gasteiger partial charge on any atom is -0.399 e. The standard InChI is InChI=1S/C8H9NO2.C7H9N/c1-6-3-4-7(2)8(5-6)9(10)11;1-6-4-2-3-5-7(6)8/h3-5H,1-2H3;2-5H,8H2,1H3. The molecule has 0 radical (unpaired) electrons. The predicted octanol–water partition coefficient (Wildman–Crippen LogP) is 3.79. The smallest absolute Gasteiger partial charge is 0.272 e. The van der Waals surface area contributed by atoms with Gasteiger partial charge in [-0.1, -0.05) is 30.3 Å². The molecular weight excluding hydrogens is 240 g/mol. The Morgan fingerprint density at radius 2 is 1.63 bits per heavy atom. The van der Waals surface area contributed by atoms with E-state index in [0.717, 1.165) is 16.8 Å². The molecule has 0 aromatic heterocycles. The highest BCUT2D eigenvalue weighted by atomic mass is 16.6. The molecule has 100 valence electrons. The molecule has 0 bridgehead atoms. The Kier molecular flexibility index (Phi) is 5.06. The van der Waals surface area contributed by atoms with Crippen molar-refractivity contribution in [3.63, 3.8) is 0 Å². The number of nitrogen functional groups attached to an aromatic ring is 1. The number of nitrogens with two attached hydrogens (primary N) is 1. The second-order valence-corrected chi connectivity index (χ2v) is 4.40. The molecule has 0 unspecified atom stereocenters. The molecule has 0 aliphatic rings. The SMILES string of the molecule is Cc1ccc(C)c([N+](=O)[O-])c1.Cc1ccccc1N. The molecule has 0 heterocycles. The van der Waals surface area contributed by atoms with Gasteiger partial charge in [0.1, 0.15) is 0 Å². The lowest BCUT2D eigenvalue weighted by molar-refractivity contribution is -0.385. The normalized spacial score (nSPS) is 9.42. The lowest BCUT2D eigenvalue weighted by atomic mass is 10.1. The average Bonchev–Trinajstić information content (AvgIpc) is 2.36. The zero-order chi connectivity index (χ0) is 14.4. The topological polar surface area (TPSA) is 69.2 Å². The Morgan fingerprint density at radius 1 is 1.00 bits per heavy atom. The maximum atomic E-state index is 10.4. The summed E-state index contributed by atoms with van der Waals surface area (Å²) in [5.74, 6) is 0. The van der Waals surface area contributed by atoms with Gasteiger partial charge in [-0.25, -0.2) is 0 Å².